The summed E-state index contributed by atoms with van der Waals surface area (Å²) in [5, 5.41) is 30.7. The van der Waals surface area contributed by atoms with Crippen LogP contribution >= 0.6 is 0 Å². The van der Waals surface area contributed by atoms with Crippen molar-refractivity contribution in [3.63, 3.8) is 0 Å². The number of anilines is 1. The fraction of sp³-hybridized carbons (Fsp3) is 0.250. The van der Waals surface area contributed by atoms with Gasteiger partial charge < -0.3 is 15.5 Å². The van der Waals surface area contributed by atoms with Gasteiger partial charge in [-0.1, -0.05) is 0 Å². The number of tetrazole rings is 1. The number of nitrogens with zero attached hydrogens (tertiary/aromatic N) is 5. The van der Waals surface area contributed by atoms with Crippen LogP contribution in [0.2, 0.25) is 0 Å². The van der Waals surface area contributed by atoms with Gasteiger partial charge in [-0.3, -0.25) is 9.78 Å². The Bertz CT molecular complexity index is 596. The minimum atomic E-state index is -1.29. The van der Waals surface area contributed by atoms with Gasteiger partial charge in [0, 0.05) is 0 Å². The van der Waals surface area contributed by atoms with Crippen LogP contribution in [-0.2, 0) is 9.59 Å². The minimum absolute atomic E-state index is 0.200. The van der Waals surface area contributed by atoms with Crippen LogP contribution in [0.25, 0.3) is 5.65 Å². The molecule has 0 radical (unpaired) electrons. The van der Waals surface area contributed by atoms with Crippen molar-refractivity contribution in [2.24, 2.45) is 0 Å². The van der Waals surface area contributed by atoms with Gasteiger partial charge in [0.05, 0.1) is 18.8 Å². The Labute approximate surface area is 99.3 Å². The average Bonchev–Trinajstić information content (AvgIpc) is 2.76. The van der Waals surface area contributed by atoms with E-state index in [1.165, 1.54) is 16.9 Å². The maximum atomic E-state index is 10.9. The zero-order valence-electron chi connectivity index (χ0n) is 8.89. The summed E-state index contributed by atoms with van der Waals surface area (Å²) >= 11 is 0. The van der Waals surface area contributed by atoms with Crippen molar-refractivity contribution in [2.75, 3.05) is 5.32 Å². The van der Waals surface area contributed by atoms with Crippen LogP contribution in [0.5, 0.6) is 0 Å². The van der Waals surface area contributed by atoms with Gasteiger partial charge in [0.1, 0.15) is 6.04 Å². The largest absolute Gasteiger partial charge is 0.481 e. The first kappa shape index (κ1) is 11.7. The molecule has 0 aliphatic rings. The van der Waals surface area contributed by atoms with Gasteiger partial charge in [-0.05, 0) is 10.4 Å². The third-order valence-corrected chi connectivity index (χ3v) is 2.11. The summed E-state index contributed by atoms with van der Waals surface area (Å²) in [5.74, 6) is -2.32. The van der Waals surface area contributed by atoms with E-state index in [4.69, 9.17) is 10.2 Å². The molecule has 0 saturated carbocycles. The van der Waals surface area contributed by atoms with E-state index in [0.29, 0.717) is 5.65 Å². The Morgan fingerprint density at radius 3 is 2.83 bits per heavy atom. The molecule has 2 rings (SSSR count). The van der Waals surface area contributed by atoms with Crippen molar-refractivity contribution in [1.82, 2.24) is 25.0 Å². The lowest BCUT2D eigenvalue weighted by Crippen LogP contribution is -2.32. The summed E-state index contributed by atoms with van der Waals surface area (Å²) in [6, 6.07) is -1.29. The highest BCUT2D eigenvalue weighted by Crippen LogP contribution is 2.09. The normalized spacial score (nSPS) is 12.2. The molecule has 0 aliphatic heterocycles. The van der Waals surface area contributed by atoms with E-state index in [0.717, 1.165) is 0 Å². The molecular formula is C8H8N6O4. The molecule has 1 atom stereocenters. The van der Waals surface area contributed by atoms with Crippen LogP contribution in [0, 0.1) is 0 Å². The fourth-order valence-corrected chi connectivity index (χ4v) is 1.33. The first-order valence-corrected chi connectivity index (χ1v) is 4.81. The number of carboxylic acids is 2. The van der Waals surface area contributed by atoms with E-state index in [2.05, 4.69) is 25.8 Å². The predicted molar refractivity (Wildman–Crippen MR) is 55.9 cm³/mol. The lowest BCUT2D eigenvalue weighted by atomic mass is 10.2. The Morgan fingerprint density at radius 2 is 2.17 bits per heavy atom. The second-order valence-corrected chi connectivity index (χ2v) is 3.37. The van der Waals surface area contributed by atoms with Gasteiger partial charge in [-0.2, -0.15) is 4.52 Å². The molecule has 2 aromatic rings. The second-order valence-electron chi connectivity index (χ2n) is 3.37. The highest BCUT2D eigenvalue weighted by atomic mass is 16.4. The summed E-state index contributed by atoms with van der Waals surface area (Å²) in [5.41, 5.74) is 0.319. The molecule has 2 heterocycles. The predicted octanol–water partition coefficient (Wildman–Crippen LogP) is -1.14. The van der Waals surface area contributed by atoms with Crippen molar-refractivity contribution < 1.29 is 19.8 Å². The molecule has 10 nitrogen and oxygen atoms in total. The molecule has 94 valence electrons. The van der Waals surface area contributed by atoms with Crippen molar-refractivity contribution in [1.29, 1.82) is 0 Å². The third kappa shape index (κ3) is 2.31. The number of fused-ring (bicyclic) bond motifs is 1. The first-order chi connectivity index (χ1) is 8.58. The maximum Gasteiger partial charge on any atom is 0.326 e. The average molecular weight is 252 g/mol. The standard InChI is InChI=1S/C8H8N6O4/c15-7(16)1-4(8(17)18)10-5-2-9-3-6-11-12-13-14(5)6/h2-4,10H,1H2,(H,15,16)(H,17,18). The second kappa shape index (κ2) is 4.61. The topological polar surface area (TPSA) is 143 Å². The molecule has 0 fully saturated rings. The minimum Gasteiger partial charge on any atom is -0.481 e. The van der Waals surface area contributed by atoms with Crippen LogP contribution in [0.4, 0.5) is 5.82 Å². The fourth-order valence-electron chi connectivity index (χ4n) is 1.33. The smallest absolute Gasteiger partial charge is 0.326 e. The molecule has 0 saturated heterocycles. The highest BCUT2D eigenvalue weighted by Gasteiger charge is 2.22. The van der Waals surface area contributed by atoms with Gasteiger partial charge in [0.25, 0.3) is 0 Å². The van der Waals surface area contributed by atoms with Gasteiger partial charge in [0.2, 0.25) is 0 Å². The third-order valence-electron chi connectivity index (χ3n) is 2.11. The number of nitrogens with one attached hydrogen (secondary N) is 1. The zero-order chi connectivity index (χ0) is 13.1. The molecule has 3 N–H and O–H groups in total. The first-order valence-electron chi connectivity index (χ1n) is 4.81. The van der Waals surface area contributed by atoms with Crippen molar-refractivity contribution in [3.05, 3.63) is 12.4 Å². The molecule has 0 aliphatic carbocycles. The molecule has 0 spiro atoms. The van der Waals surface area contributed by atoms with Gasteiger partial charge >= 0.3 is 11.9 Å². The van der Waals surface area contributed by atoms with Crippen LogP contribution in [0.1, 0.15) is 6.42 Å². The van der Waals surface area contributed by atoms with Gasteiger partial charge in [-0.25, -0.2) is 4.79 Å². The number of aliphatic carboxylic acids is 2. The quantitative estimate of drug-likeness (QED) is 0.601. The van der Waals surface area contributed by atoms with Crippen LogP contribution in [-0.4, -0.2) is 53.2 Å². The van der Waals surface area contributed by atoms with Gasteiger partial charge in [-0.15, -0.1) is 5.10 Å². The summed E-state index contributed by atoms with van der Waals surface area (Å²) in [7, 11) is 0. The van der Waals surface area contributed by atoms with Gasteiger partial charge in [0.15, 0.2) is 11.5 Å². The molecule has 0 amide bonds. The number of hydrogen-bond acceptors (Lipinski definition) is 7. The van der Waals surface area contributed by atoms with E-state index in [1.807, 2.05) is 0 Å². The Balaban J connectivity index is 2.28. The number of carboxylic acid groups (broad SMARTS) is 2. The lowest BCUT2D eigenvalue weighted by Gasteiger charge is -2.13. The number of rotatable bonds is 5. The number of carbonyl (C=O) groups is 2. The molecule has 18 heavy (non-hydrogen) atoms. The summed E-state index contributed by atoms with van der Waals surface area (Å²) < 4.78 is 1.23. The number of hydrogen-bond donors (Lipinski definition) is 3. The van der Waals surface area contributed by atoms with Crippen LogP contribution in [0.3, 0.4) is 0 Å². The monoisotopic (exact) mass is 252 g/mol. The van der Waals surface area contributed by atoms with E-state index >= 15 is 0 Å². The van der Waals surface area contributed by atoms with E-state index < -0.39 is 24.4 Å². The van der Waals surface area contributed by atoms with Crippen molar-refractivity contribution in [3.8, 4) is 0 Å². The van der Waals surface area contributed by atoms with E-state index in [1.54, 1.807) is 0 Å². The molecule has 10 heteroatoms. The molecule has 0 aromatic carbocycles. The van der Waals surface area contributed by atoms with E-state index in [9.17, 15) is 9.59 Å². The molecule has 1 unspecified atom stereocenters. The maximum absolute atomic E-state index is 10.9. The Kier molecular flexibility index (Phi) is 3.00. The van der Waals surface area contributed by atoms with Crippen LogP contribution in [0.15, 0.2) is 12.4 Å². The molecule has 0 bridgehead atoms. The Morgan fingerprint density at radius 1 is 1.39 bits per heavy atom. The SMILES string of the molecule is O=C(O)CC(Nc1cncc2nnnn12)C(=O)O. The summed E-state index contributed by atoms with van der Waals surface area (Å²) in [6.45, 7) is 0. The number of aromatic nitrogens is 5. The van der Waals surface area contributed by atoms with Crippen molar-refractivity contribution >= 4 is 23.4 Å². The summed E-state index contributed by atoms with van der Waals surface area (Å²) in [6.07, 6.45) is 2.12. The zero-order valence-corrected chi connectivity index (χ0v) is 8.89. The molecular weight excluding hydrogens is 244 g/mol. The Hall–Kier alpha value is -2.78. The van der Waals surface area contributed by atoms with E-state index in [-0.39, 0.29) is 5.82 Å². The lowest BCUT2D eigenvalue weighted by molar-refractivity contribution is -0.144. The molecule has 2 aromatic heterocycles. The van der Waals surface area contributed by atoms with Crippen molar-refractivity contribution in [2.45, 2.75) is 12.5 Å². The summed E-state index contributed by atoms with van der Waals surface area (Å²) in [4.78, 5) is 25.3. The van der Waals surface area contributed by atoms with Crippen LogP contribution < -0.4 is 5.32 Å². The highest BCUT2D eigenvalue weighted by molar-refractivity contribution is 5.83.